The summed E-state index contributed by atoms with van der Waals surface area (Å²) in [6.07, 6.45) is 2.62. The number of rotatable bonds is 5. The van der Waals surface area contributed by atoms with Crippen molar-refractivity contribution in [1.29, 1.82) is 0 Å². The van der Waals surface area contributed by atoms with E-state index in [2.05, 4.69) is 22.4 Å². The highest BCUT2D eigenvalue weighted by Gasteiger charge is 2.31. The number of fused-ring (bicyclic) bond motifs is 2. The van der Waals surface area contributed by atoms with Gasteiger partial charge in [0.15, 0.2) is 0 Å². The van der Waals surface area contributed by atoms with E-state index < -0.39 is 6.10 Å². The van der Waals surface area contributed by atoms with Crippen LogP contribution in [0.15, 0.2) is 48.7 Å². The number of nitrogens with zero attached hydrogens (tertiary/aromatic N) is 4. The van der Waals surface area contributed by atoms with Gasteiger partial charge in [0.2, 0.25) is 11.9 Å². The first-order chi connectivity index (χ1) is 18.5. The highest BCUT2D eigenvalue weighted by atomic mass is 16.5. The van der Waals surface area contributed by atoms with E-state index in [1.807, 2.05) is 42.2 Å². The van der Waals surface area contributed by atoms with Crippen molar-refractivity contribution in [1.82, 2.24) is 19.8 Å². The van der Waals surface area contributed by atoms with Gasteiger partial charge in [0.25, 0.3) is 5.91 Å². The lowest BCUT2D eigenvalue weighted by Crippen LogP contribution is -2.42. The molecule has 9 heteroatoms. The average Bonchev–Trinajstić information content (AvgIpc) is 3.24. The second-order valence-electron chi connectivity index (χ2n) is 10.3. The monoisotopic (exact) mass is 513 g/mol. The molecule has 1 fully saturated rings. The standard InChI is InChI=1S/C29H31N5O4/c1-18-13-30-29(31-24-9-11-38-17-25(24)35)32-27(18)20-6-7-22-15-34(28(37)23(22)12-20)16-26(36)33-10-8-19-4-2-3-5-21(19)14-33/h2-7,12-13,24-25,35H,8-11,14-17H2,1H3,(H,30,31,32)/t24-,25+/m0/s1. The third-order valence-electron chi connectivity index (χ3n) is 7.68. The van der Waals surface area contributed by atoms with E-state index in [-0.39, 0.29) is 31.0 Å². The maximum atomic E-state index is 13.3. The summed E-state index contributed by atoms with van der Waals surface area (Å²) in [5.74, 6) is 0.264. The molecule has 2 N–H and O–H groups in total. The number of nitrogens with one attached hydrogen (secondary N) is 1. The van der Waals surface area contributed by atoms with E-state index in [4.69, 9.17) is 9.72 Å². The molecule has 196 valence electrons. The van der Waals surface area contributed by atoms with Crippen LogP contribution in [0.3, 0.4) is 0 Å². The van der Waals surface area contributed by atoms with Crippen molar-refractivity contribution in [2.45, 2.75) is 45.0 Å². The quantitative estimate of drug-likeness (QED) is 0.540. The fourth-order valence-corrected chi connectivity index (χ4v) is 5.47. The minimum Gasteiger partial charge on any atom is -0.389 e. The summed E-state index contributed by atoms with van der Waals surface area (Å²) in [5.41, 5.74) is 6.39. The third-order valence-corrected chi connectivity index (χ3v) is 7.68. The Balaban J connectivity index is 1.16. The summed E-state index contributed by atoms with van der Waals surface area (Å²) >= 11 is 0. The number of anilines is 1. The number of carbonyl (C=O) groups excluding carboxylic acids is 2. The second kappa shape index (κ2) is 10.2. The van der Waals surface area contributed by atoms with Crippen molar-refractivity contribution in [3.8, 4) is 11.3 Å². The van der Waals surface area contributed by atoms with Crippen LogP contribution in [0.2, 0.25) is 0 Å². The fourth-order valence-electron chi connectivity index (χ4n) is 5.47. The van der Waals surface area contributed by atoms with E-state index >= 15 is 0 Å². The molecule has 1 aromatic heterocycles. The smallest absolute Gasteiger partial charge is 0.254 e. The van der Waals surface area contributed by atoms with E-state index in [0.717, 1.165) is 28.8 Å². The molecule has 2 atom stereocenters. The number of aliphatic hydroxyl groups excluding tert-OH is 1. The van der Waals surface area contributed by atoms with Gasteiger partial charge in [0.1, 0.15) is 6.54 Å². The van der Waals surface area contributed by atoms with Gasteiger partial charge in [-0.05, 0) is 48.1 Å². The molecule has 0 bridgehead atoms. The Morgan fingerprint density at radius 2 is 2.00 bits per heavy atom. The number of ether oxygens (including phenoxy) is 1. The predicted molar refractivity (Wildman–Crippen MR) is 141 cm³/mol. The van der Waals surface area contributed by atoms with E-state index in [9.17, 15) is 14.7 Å². The van der Waals surface area contributed by atoms with Gasteiger partial charge in [-0.15, -0.1) is 0 Å². The molecule has 1 saturated heterocycles. The van der Waals surface area contributed by atoms with Crippen LogP contribution >= 0.6 is 0 Å². The van der Waals surface area contributed by atoms with E-state index in [1.54, 1.807) is 11.1 Å². The van der Waals surface area contributed by atoms with Gasteiger partial charge >= 0.3 is 0 Å². The first-order valence-electron chi connectivity index (χ1n) is 13.1. The number of aryl methyl sites for hydroxylation is 1. The van der Waals surface area contributed by atoms with Crippen molar-refractivity contribution in [2.75, 3.05) is 31.6 Å². The number of carbonyl (C=O) groups is 2. The fraction of sp³-hybridized carbons (Fsp3) is 0.379. The SMILES string of the molecule is Cc1cnc(N[C@H]2CCOC[C@H]2O)nc1-c1ccc2c(c1)C(=O)N(CC(=O)N1CCc3ccccc3C1)C2. The number of aromatic nitrogens is 2. The van der Waals surface area contributed by atoms with Crippen LogP contribution in [0.25, 0.3) is 11.3 Å². The van der Waals surface area contributed by atoms with Gasteiger partial charge in [0.05, 0.1) is 24.4 Å². The van der Waals surface area contributed by atoms with E-state index in [0.29, 0.717) is 44.2 Å². The highest BCUT2D eigenvalue weighted by Crippen LogP contribution is 2.30. The Morgan fingerprint density at radius 3 is 2.84 bits per heavy atom. The van der Waals surface area contributed by atoms with Crippen LogP contribution in [-0.4, -0.2) is 75.1 Å². The molecule has 2 aromatic carbocycles. The lowest BCUT2D eigenvalue weighted by Gasteiger charge is -2.30. The molecule has 6 rings (SSSR count). The molecule has 3 aromatic rings. The molecule has 4 heterocycles. The van der Waals surface area contributed by atoms with Crippen LogP contribution < -0.4 is 5.32 Å². The average molecular weight is 514 g/mol. The van der Waals surface area contributed by atoms with Gasteiger partial charge < -0.3 is 25.0 Å². The van der Waals surface area contributed by atoms with Crippen LogP contribution in [0, 0.1) is 6.92 Å². The number of aliphatic hydroxyl groups is 1. The first kappa shape index (κ1) is 24.5. The zero-order chi connectivity index (χ0) is 26.2. The van der Waals surface area contributed by atoms with Crippen molar-refractivity contribution in [3.05, 3.63) is 76.5 Å². The number of amides is 2. The molecule has 3 aliphatic heterocycles. The van der Waals surface area contributed by atoms with Crippen molar-refractivity contribution in [2.24, 2.45) is 0 Å². The number of hydrogen-bond acceptors (Lipinski definition) is 7. The Labute approximate surface area is 221 Å². The second-order valence-corrected chi connectivity index (χ2v) is 10.3. The third kappa shape index (κ3) is 4.75. The lowest BCUT2D eigenvalue weighted by molar-refractivity contribution is -0.132. The zero-order valence-electron chi connectivity index (χ0n) is 21.4. The van der Waals surface area contributed by atoms with Crippen molar-refractivity contribution < 1.29 is 19.4 Å². The lowest BCUT2D eigenvalue weighted by atomic mass is 10.00. The molecular weight excluding hydrogens is 482 g/mol. The molecule has 9 nitrogen and oxygen atoms in total. The van der Waals surface area contributed by atoms with Crippen LogP contribution in [0.4, 0.5) is 5.95 Å². The van der Waals surface area contributed by atoms with Gasteiger partial charge in [-0.3, -0.25) is 9.59 Å². The zero-order valence-corrected chi connectivity index (χ0v) is 21.4. The van der Waals surface area contributed by atoms with E-state index in [1.165, 1.54) is 11.1 Å². The maximum Gasteiger partial charge on any atom is 0.254 e. The summed E-state index contributed by atoms with van der Waals surface area (Å²) < 4.78 is 5.31. The van der Waals surface area contributed by atoms with Gasteiger partial charge in [0, 0.05) is 43.6 Å². The van der Waals surface area contributed by atoms with Crippen molar-refractivity contribution in [3.63, 3.8) is 0 Å². The predicted octanol–water partition coefficient (Wildman–Crippen LogP) is 2.55. The summed E-state index contributed by atoms with van der Waals surface area (Å²) in [6, 6.07) is 13.8. The Bertz CT molecular complexity index is 1390. The van der Waals surface area contributed by atoms with Crippen LogP contribution in [0.1, 0.15) is 39.0 Å². The summed E-state index contributed by atoms with van der Waals surface area (Å²) in [6.45, 7) is 4.53. The minimum atomic E-state index is -0.622. The molecular formula is C29H31N5O4. The molecule has 0 aliphatic carbocycles. The van der Waals surface area contributed by atoms with Crippen molar-refractivity contribution >= 4 is 17.8 Å². The normalized spacial score (nSPS) is 20.7. The molecule has 38 heavy (non-hydrogen) atoms. The first-order valence-corrected chi connectivity index (χ1v) is 13.1. The van der Waals surface area contributed by atoms with Gasteiger partial charge in [-0.25, -0.2) is 9.97 Å². The number of benzene rings is 2. The van der Waals surface area contributed by atoms with Gasteiger partial charge in [-0.1, -0.05) is 36.4 Å². The molecule has 0 radical (unpaired) electrons. The number of hydrogen-bond donors (Lipinski definition) is 2. The highest BCUT2D eigenvalue weighted by molar-refractivity contribution is 6.01. The largest absolute Gasteiger partial charge is 0.389 e. The summed E-state index contributed by atoms with van der Waals surface area (Å²) in [4.78, 5) is 39.0. The molecule has 0 spiro atoms. The maximum absolute atomic E-state index is 13.3. The Kier molecular flexibility index (Phi) is 6.55. The Morgan fingerprint density at radius 1 is 1.16 bits per heavy atom. The van der Waals surface area contributed by atoms with Crippen LogP contribution in [0.5, 0.6) is 0 Å². The molecule has 0 saturated carbocycles. The topological polar surface area (TPSA) is 108 Å². The molecule has 2 amide bonds. The minimum absolute atomic E-state index is 0.0291. The summed E-state index contributed by atoms with van der Waals surface area (Å²) in [7, 11) is 0. The molecule has 0 unspecified atom stereocenters. The van der Waals surface area contributed by atoms with Gasteiger partial charge in [-0.2, -0.15) is 0 Å². The molecule has 3 aliphatic rings. The summed E-state index contributed by atoms with van der Waals surface area (Å²) in [5, 5.41) is 13.4. The van der Waals surface area contributed by atoms with Crippen LogP contribution in [-0.2, 0) is 29.0 Å². The Hall–Kier alpha value is -3.82.